The number of carbonyl (C=O) groups excluding carboxylic acids is 3. The molecule has 2 heterocycles. The van der Waals surface area contributed by atoms with E-state index in [-0.39, 0.29) is 24.8 Å². The first-order valence-corrected chi connectivity index (χ1v) is 14.0. The van der Waals surface area contributed by atoms with Crippen molar-refractivity contribution in [1.29, 1.82) is 0 Å². The third-order valence-electron chi connectivity index (χ3n) is 5.79. The number of nitrogens with zero attached hydrogens (tertiary/aromatic N) is 1. The van der Waals surface area contributed by atoms with Gasteiger partial charge in [-0.3, -0.25) is 19.3 Å². The molecule has 2 aliphatic heterocycles. The third kappa shape index (κ3) is 6.02. The monoisotopic (exact) mass is 664 g/mol. The van der Waals surface area contributed by atoms with Crippen LogP contribution < -0.4 is 24.3 Å². The lowest BCUT2D eigenvalue weighted by molar-refractivity contribution is -0.123. The Hall–Kier alpha value is -3.38. The summed E-state index contributed by atoms with van der Waals surface area (Å²) in [5, 5.41) is 3.02. The normalized spacial score (nSPS) is 15.1. The van der Waals surface area contributed by atoms with Crippen LogP contribution in [0.3, 0.4) is 0 Å². The lowest BCUT2D eigenvalue weighted by Gasteiger charge is -2.14. The standard InChI is InChI=1S/C27H19BrCl2N2O7S/c1-36-22-7-14(6-16(28)25(22)37-12-24(33)31-19-5-3-2-4-17(19)29)8-23-26(34)32(27(35)40-23)11-15-9-20-21(10-18(15)30)39-13-38-20/h2-10H,11-13H2,1H3,(H,31,33)/b23-8-. The van der Waals surface area contributed by atoms with Crippen LogP contribution in [0.1, 0.15) is 11.1 Å². The van der Waals surface area contributed by atoms with E-state index in [0.717, 1.165) is 16.7 Å². The molecule has 3 aromatic rings. The van der Waals surface area contributed by atoms with Crippen LogP contribution in [-0.2, 0) is 16.1 Å². The fourth-order valence-corrected chi connectivity index (χ4v) is 5.70. The predicted octanol–water partition coefficient (Wildman–Crippen LogP) is 6.75. The van der Waals surface area contributed by atoms with Crippen LogP contribution in [0.25, 0.3) is 6.08 Å². The lowest BCUT2D eigenvalue weighted by Crippen LogP contribution is -2.27. The number of carbonyl (C=O) groups is 3. The van der Waals surface area contributed by atoms with Crippen LogP contribution in [-0.4, -0.2) is 42.5 Å². The molecule has 0 unspecified atom stereocenters. The Morgan fingerprint density at radius 1 is 1.12 bits per heavy atom. The minimum atomic E-state index is -0.463. The molecule has 0 aromatic heterocycles. The number of benzene rings is 3. The van der Waals surface area contributed by atoms with E-state index in [1.807, 2.05) is 0 Å². The molecular formula is C27H19BrCl2N2O7S. The molecule has 0 aliphatic carbocycles. The van der Waals surface area contributed by atoms with Crippen molar-refractivity contribution in [3.8, 4) is 23.0 Å². The number of fused-ring (bicyclic) bond motifs is 1. The maximum atomic E-state index is 13.1. The van der Waals surface area contributed by atoms with Gasteiger partial charge in [-0.1, -0.05) is 35.3 Å². The van der Waals surface area contributed by atoms with E-state index in [2.05, 4.69) is 21.2 Å². The SMILES string of the molecule is COc1cc(/C=C2\SC(=O)N(Cc3cc4c(cc3Cl)OCO4)C2=O)cc(Br)c1OCC(=O)Nc1ccccc1Cl. The molecule has 3 amide bonds. The third-order valence-corrected chi connectivity index (χ3v) is 7.97. The summed E-state index contributed by atoms with van der Waals surface area (Å²) in [5.41, 5.74) is 1.59. The Kier molecular flexibility index (Phi) is 8.46. The Bertz CT molecular complexity index is 1570. The average molecular weight is 666 g/mol. The van der Waals surface area contributed by atoms with E-state index in [4.69, 9.17) is 42.1 Å². The number of imide groups is 1. The number of para-hydroxylation sites is 1. The molecule has 9 nitrogen and oxygen atoms in total. The number of amides is 3. The summed E-state index contributed by atoms with van der Waals surface area (Å²) in [6, 6.07) is 13.4. The fraction of sp³-hybridized carbons (Fsp3) is 0.148. The van der Waals surface area contributed by atoms with Crippen LogP contribution in [0.4, 0.5) is 10.5 Å². The van der Waals surface area contributed by atoms with Crippen LogP contribution in [0.15, 0.2) is 57.9 Å². The van der Waals surface area contributed by atoms with Crippen LogP contribution >= 0.6 is 50.9 Å². The minimum absolute atomic E-state index is 0.0203. The van der Waals surface area contributed by atoms with E-state index in [1.165, 1.54) is 7.11 Å². The molecule has 2 aliphatic rings. The fourth-order valence-electron chi connectivity index (χ4n) is 3.89. The van der Waals surface area contributed by atoms with E-state index >= 15 is 0 Å². The van der Waals surface area contributed by atoms with Crippen LogP contribution in [0, 0.1) is 0 Å². The second-order valence-electron chi connectivity index (χ2n) is 8.42. The van der Waals surface area contributed by atoms with Gasteiger partial charge in [0.2, 0.25) is 6.79 Å². The Balaban J connectivity index is 1.29. The molecule has 0 atom stereocenters. The number of methoxy groups -OCH3 is 1. The first-order valence-electron chi connectivity index (χ1n) is 11.6. The van der Waals surface area contributed by atoms with Gasteiger partial charge in [0.05, 0.1) is 33.7 Å². The molecule has 1 fully saturated rings. The molecule has 0 bridgehead atoms. The van der Waals surface area contributed by atoms with Gasteiger partial charge in [-0.25, -0.2) is 0 Å². The van der Waals surface area contributed by atoms with Gasteiger partial charge in [-0.2, -0.15) is 0 Å². The number of ether oxygens (including phenoxy) is 4. The number of halogens is 3. The molecule has 0 saturated carbocycles. The van der Waals surface area contributed by atoms with Crippen molar-refractivity contribution in [2.24, 2.45) is 0 Å². The lowest BCUT2D eigenvalue weighted by atomic mass is 10.1. The van der Waals surface area contributed by atoms with Gasteiger partial charge in [0.1, 0.15) is 0 Å². The van der Waals surface area contributed by atoms with Gasteiger partial charge in [-0.05, 0) is 75.2 Å². The molecule has 0 radical (unpaired) electrons. The highest BCUT2D eigenvalue weighted by Gasteiger charge is 2.36. The van der Waals surface area contributed by atoms with Gasteiger partial charge >= 0.3 is 0 Å². The molecule has 1 N–H and O–H groups in total. The zero-order valence-electron chi connectivity index (χ0n) is 20.7. The van der Waals surface area contributed by atoms with Crippen molar-refractivity contribution in [1.82, 2.24) is 4.90 Å². The Morgan fingerprint density at radius 2 is 1.88 bits per heavy atom. The van der Waals surface area contributed by atoms with Gasteiger partial charge < -0.3 is 24.3 Å². The van der Waals surface area contributed by atoms with E-state index in [0.29, 0.717) is 54.3 Å². The van der Waals surface area contributed by atoms with Crippen molar-refractivity contribution in [2.75, 3.05) is 25.8 Å². The Labute approximate surface area is 251 Å². The van der Waals surface area contributed by atoms with Gasteiger partial charge in [0, 0.05) is 11.1 Å². The number of thioether (sulfide) groups is 1. The van der Waals surface area contributed by atoms with E-state index in [9.17, 15) is 14.4 Å². The van der Waals surface area contributed by atoms with Crippen molar-refractivity contribution in [3.63, 3.8) is 0 Å². The van der Waals surface area contributed by atoms with E-state index < -0.39 is 17.1 Å². The first-order chi connectivity index (χ1) is 19.2. The molecule has 206 valence electrons. The highest BCUT2D eigenvalue weighted by atomic mass is 79.9. The number of hydrogen-bond donors (Lipinski definition) is 1. The van der Waals surface area contributed by atoms with Gasteiger partial charge in [0.25, 0.3) is 17.1 Å². The highest BCUT2D eigenvalue weighted by molar-refractivity contribution is 9.10. The molecule has 3 aromatic carbocycles. The van der Waals surface area contributed by atoms with Crippen molar-refractivity contribution in [2.45, 2.75) is 6.54 Å². The molecule has 13 heteroatoms. The Morgan fingerprint density at radius 3 is 2.62 bits per heavy atom. The summed E-state index contributed by atoms with van der Waals surface area (Å²) in [6.45, 7) is -0.244. The minimum Gasteiger partial charge on any atom is -0.493 e. The first kappa shape index (κ1) is 28.2. The summed E-state index contributed by atoms with van der Waals surface area (Å²) in [4.78, 5) is 39.6. The molecular weight excluding hydrogens is 647 g/mol. The quantitative estimate of drug-likeness (QED) is 0.264. The summed E-state index contributed by atoms with van der Waals surface area (Å²) in [5.74, 6) is 0.744. The van der Waals surface area contributed by atoms with Crippen LogP contribution in [0.2, 0.25) is 10.0 Å². The maximum absolute atomic E-state index is 13.1. The number of rotatable bonds is 8. The zero-order valence-corrected chi connectivity index (χ0v) is 24.6. The smallest absolute Gasteiger partial charge is 0.293 e. The van der Waals surface area contributed by atoms with Gasteiger partial charge in [0.15, 0.2) is 29.6 Å². The predicted molar refractivity (Wildman–Crippen MR) is 155 cm³/mol. The molecule has 5 rings (SSSR count). The summed E-state index contributed by atoms with van der Waals surface area (Å²) < 4.78 is 22.3. The van der Waals surface area contributed by atoms with Gasteiger partial charge in [-0.15, -0.1) is 0 Å². The maximum Gasteiger partial charge on any atom is 0.293 e. The summed E-state index contributed by atoms with van der Waals surface area (Å²) in [6.07, 6.45) is 1.58. The average Bonchev–Trinajstić information content (AvgIpc) is 3.48. The summed E-state index contributed by atoms with van der Waals surface area (Å²) >= 11 is 16.7. The van der Waals surface area contributed by atoms with Crippen molar-refractivity contribution in [3.05, 3.63) is 79.1 Å². The number of nitrogens with one attached hydrogen (secondary N) is 1. The molecule has 40 heavy (non-hydrogen) atoms. The second kappa shape index (κ2) is 12.0. The number of anilines is 1. The topological polar surface area (TPSA) is 103 Å². The molecule has 1 saturated heterocycles. The second-order valence-corrected chi connectivity index (χ2v) is 11.1. The van der Waals surface area contributed by atoms with E-state index in [1.54, 1.807) is 54.6 Å². The molecule has 0 spiro atoms. The summed E-state index contributed by atoms with van der Waals surface area (Å²) in [7, 11) is 1.45. The van der Waals surface area contributed by atoms with Crippen molar-refractivity contribution < 1.29 is 33.3 Å². The largest absolute Gasteiger partial charge is 0.493 e. The van der Waals surface area contributed by atoms with Crippen LogP contribution in [0.5, 0.6) is 23.0 Å². The van der Waals surface area contributed by atoms with Crippen molar-refractivity contribution >= 4 is 79.7 Å². The highest BCUT2D eigenvalue weighted by Crippen LogP contribution is 2.41. The zero-order chi connectivity index (χ0) is 28.4. The number of hydrogen-bond acceptors (Lipinski definition) is 8.